The molecule has 3 atom stereocenters. The van der Waals surface area contributed by atoms with Crippen LogP contribution in [0.2, 0.25) is 0 Å². The fourth-order valence-electron chi connectivity index (χ4n) is 4.57. The number of aryl methyl sites for hydroxylation is 2. The van der Waals surface area contributed by atoms with E-state index in [-0.39, 0.29) is 30.3 Å². The fourth-order valence-corrected chi connectivity index (χ4v) is 4.57. The Labute approximate surface area is 217 Å². The molecule has 0 bridgehead atoms. The van der Waals surface area contributed by atoms with Gasteiger partial charge in [0.05, 0.1) is 12.7 Å². The van der Waals surface area contributed by atoms with E-state index in [9.17, 15) is 18.0 Å². The summed E-state index contributed by atoms with van der Waals surface area (Å²) < 4.78 is 59.2. The van der Waals surface area contributed by atoms with Gasteiger partial charge in [0.15, 0.2) is 5.60 Å². The molecule has 5 nitrogen and oxygen atoms in total. The van der Waals surface area contributed by atoms with Crippen LogP contribution in [0.5, 0.6) is 11.5 Å². The van der Waals surface area contributed by atoms with Gasteiger partial charge in [-0.05, 0) is 93.7 Å². The highest BCUT2D eigenvalue weighted by molar-refractivity contribution is 5.79. The van der Waals surface area contributed by atoms with Crippen molar-refractivity contribution in [3.63, 3.8) is 0 Å². The lowest BCUT2D eigenvalue weighted by Crippen LogP contribution is -2.40. The summed E-state index contributed by atoms with van der Waals surface area (Å²) in [4.78, 5) is 12.3. The quantitative estimate of drug-likeness (QED) is 0.212. The standard InChI is InChI=1S/C29H37F3O5/c1-7-9-14-35-26(20-10-12-22(13-11-20)36-29(30,31)32)24-17-23(24)21-15-18(3)25(19(4)16-21)37-28(5,6)27(33)34-8-2/h10-13,15-16,23-24,26H,7-9,14,17H2,1-6H3. The van der Waals surface area contributed by atoms with Gasteiger partial charge in [0, 0.05) is 6.61 Å². The van der Waals surface area contributed by atoms with Crippen LogP contribution in [-0.4, -0.2) is 31.1 Å². The van der Waals surface area contributed by atoms with E-state index in [1.165, 1.54) is 12.1 Å². The molecule has 0 saturated heterocycles. The Morgan fingerprint density at radius 3 is 2.19 bits per heavy atom. The SMILES string of the molecule is CCCCOC(c1ccc(OC(F)(F)F)cc1)C1CC1c1cc(C)c(OC(C)(C)C(=O)OCC)c(C)c1. The smallest absolute Gasteiger partial charge is 0.476 e. The maximum absolute atomic E-state index is 12.6. The summed E-state index contributed by atoms with van der Waals surface area (Å²) in [6.07, 6.45) is -2.15. The molecule has 0 aliphatic heterocycles. The first-order valence-corrected chi connectivity index (χ1v) is 12.8. The van der Waals surface area contributed by atoms with Crippen LogP contribution in [0.1, 0.15) is 81.2 Å². The zero-order valence-corrected chi connectivity index (χ0v) is 22.4. The molecule has 0 heterocycles. The molecule has 2 aromatic carbocycles. The van der Waals surface area contributed by atoms with Crippen LogP contribution in [0.3, 0.4) is 0 Å². The van der Waals surface area contributed by atoms with E-state index >= 15 is 0 Å². The lowest BCUT2D eigenvalue weighted by molar-refractivity contribution is -0.274. The molecule has 2 aromatic rings. The van der Waals surface area contributed by atoms with Crippen LogP contribution >= 0.6 is 0 Å². The Hall–Kier alpha value is -2.74. The van der Waals surface area contributed by atoms with Gasteiger partial charge in [-0.1, -0.05) is 37.6 Å². The second kappa shape index (κ2) is 11.8. The van der Waals surface area contributed by atoms with Crippen molar-refractivity contribution >= 4 is 5.97 Å². The van der Waals surface area contributed by atoms with Gasteiger partial charge in [-0.2, -0.15) is 0 Å². The molecule has 0 spiro atoms. The maximum atomic E-state index is 12.6. The number of rotatable bonds is 12. The Kier molecular flexibility index (Phi) is 9.16. The Morgan fingerprint density at radius 1 is 1.03 bits per heavy atom. The number of carbonyl (C=O) groups is 1. The largest absolute Gasteiger partial charge is 0.573 e. The summed E-state index contributed by atoms with van der Waals surface area (Å²) in [5.74, 6) is 0.451. The highest BCUT2D eigenvalue weighted by atomic mass is 19.4. The van der Waals surface area contributed by atoms with Crippen molar-refractivity contribution in [1.29, 1.82) is 0 Å². The zero-order chi connectivity index (χ0) is 27.4. The van der Waals surface area contributed by atoms with Crippen molar-refractivity contribution in [3.05, 3.63) is 58.7 Å². The Balaban J connectivity index is 1.78. The summed E-state index contributed by atoms with van der Waals surface area (Å²) >= 11 is 0. The van der Waals surface area contributed by atoms with Crippen LogP contribution in [0.25, 0.3) is 0 Å². The number of halogens is 3. The third-order valence-corrected chi connectivity index (χ3v) is 6.50. The molecular formula is C29H37F3O5. The van der Waals surface area contributed by atoms with E-state index in [1.807, 2.05) is 13.8 Å². The predicted octanol–water partition coefficient (Wildman–Crippen LogP) is 7.58. The molecule has 1 fully saturated rings. The highest BCUT2D eigenvalue weighted by Gasteiger charge is 2.45. The minimum absolute atomic E-state index is 0.202. The van der Waals surface area contributed by atoms with E-state index in [1.54, 1.807) is 32.9 Å². The molecule has 1 aliphatic carbocycles. The molecule has 37 heavy (non-hydrogen) atoms. The monoisotopic (exact) mass is 522 g/mol. The van der Waals surface area contributed by atoms with Gasteiger partial charge in [-0.15, -0.1) is 13.2 Å². The molecule has 204 valence electrons. The van der Waals surface area contributed by atoms with Crippen LogP contribution in [0.4, 0.5) is 13.2 Å². The molecule has 1 aliphatic rings. The van der Waals surface area contributed by atoms with Crippen molar-refractivity contribution in [2.24, 2.45) is 5.92 Å². The fraction of sp³-hybridized carbons (Fsp3) is 0.552. The minimum atomic E-state index is -4.72. The van der Waals surface area contributed by atoms with E-state index < -0.39 is 17.9 Å². The molecule has 8 heteroatoms. The lowest BCUT2D eigenvalue weighted by atomic mass is 9.97. The van der Waals surface area contributed by atoms with E-state index in [4.69, 9.17) is 14.2 Å². The molecule has 0 aromatic heterocycles. The van der Waals surface area contributed by atoms with Crippen molar-refractivity contribution < 1.29 is 36.9 Å². The number of carbonyl (C=O) groups excluding carboxylic acids is 1. The van der Waals surface area contributed by atoms with Crippen molar-refractivity contribution in [3.8, 4) is 11.5 Å². The summed E-state index contributed by atoms with van der Waals surface area (Å²) in [6, 6.07) is 10.1. The minimum Gasteiger partial charge on any atom is -0.476 e. The molecule has 0 N–H and O–H groups in total. The summed E-state index contributed by atoms with van der Waals surface area (Å²) in [5, 5.41) is 0. The lowest BCUT2D eigenvalue weighted by Gasteiger charge is -2.26. The van der Waals surface area contributed by atoms with Gasteiger partial charge in [0.2, 0.25) is 0 Å². The van der Waals surface area contributed by atoms with E-state index in [0.29, 0.717) is 12.4 Å². The van der Waals surface area contributed by atoms with Crippen molar-refractivity contribution in [2.75, 3.05) is 13.2 Å². The summed E-state index contributed by atoms with van der Waals surface area (Å²) in [7, 11) is 0. The number of unbranched alkanes of at least 4 members (excludes halogenated alkanes) is 1. The van der Waals surface area contributed by atoms with Crippen LogP contribution < -0.4 is 9.47 Å². The topological polar surface area (TPSA) is 54.0 Å². The highest BCUT2D eigenvalue weighted by Crippen LogP contribution is 2.56. The maximum Gasteiger partial charge on any atom is 0.573 e. The second-order valence-corrected chi connectivity index (χ2v) is 10.1. The third kappa shape index (κ3) is 7.63. The van der Waals surface area contributed by atoms with Gasteiger partial charge < -0.3 is 18.9 Å². The van der Waals surface area contributed by atoms with Crippen LogP contribution in [-0.2, 0) is 14.3 Å². The molecule has 3 unspecified atom stereocenters. The van der Waals surface area contributed by atoms with Crippen LogP contribution in [0.15, 0.2) is 36.4 Å². The average Bonchev–Trinajstić information content (AvgIpc) is 3.59. The summed E-state index contributed by atoms with van der Waals surface area (Å²) in [5.41, 5.74) is 2.73. The van der Waals surface area contributed by atoms with Crippen molar-refractivity contribution in [1.82, 2.24) is 0 Å². The Morgan fingerprint density at radius 2 is 1.65 bits per heavy atom. The van der Waals surface area contributed by atoms with Crippen LogP contribution in [0, 0.1) is 19.8 Å². The molecule has 0 amide bonds. The Bertz CT molecular complexity index is 1040. The molecule has 1 saturated carbocycles. The number of benzene rings is 2. The zero-order valence-electron chi connectivity index (χ0n) is 22.4. The number of esters is 1. The van der Waals surface area contributed by atoms with Gasteiger partial charge in [0.1, 0.15) is 11.5 Å². The van der Waals surface area contributed by atoms with Gasteiger partial charge in [-0.3, -0.25) is 0 Å². The third-order valence-electron chi connectivity index (χ3n) is 6.50. The number of ether oxygens (including phenoxy) is 4. The van der Waals surface area contributed by atoms with Crippen molar-refractivity contribution in [2.45, 2.75) is 84.8 Å². The van der Waals surface area contributed by atoms with Gasteiger partial charge >= 0.3 is 12.3 Å². The summed E-state index contributed by atoms with van der Waals surface area (Å²) in [6.45, 7) is 12.0. The normalized spacial score (nSPS) is 18.3. The predicted molar refractivity (Wildman–Crippen MR) is 135 cm³/mol. The first kappa shape index (κ1) is 28.8. The second-order valence-electron chi connectivity index (χ2n) is 10.1. The molecular weight excluding hydrogens is 485 g/mol. The first-order valence-electron chi connectivity index (χ1n) is 12.8. The number of hydrogen-bond donors (Lipinski definition) is 0. The van der Waals surface area contributed by atoms with Gasteiger partial charge in [0.25, 0.3) is 0 Å². The number of alkyl halides is 3. The first-order chi connectivity index (χ1) is 17.4. The average molecular weight is 523 g/mol. The van der Waals surface area contributed by atoms with E-state index in [2.05, 4.69) is 23.8 Å². The van der Waals surface area contributed by atoms with Gasteiger partial charge in [-0.25, -0.2) is 4.79 Å². The number of hydrogen-bond acceptors (Lipinski definition) is 5. The molecule has 0 radical (unpaired) electrons. The molecule has 3 rings (SSSR count). The van der Waals surface area contributed by atoms with E-state index in [0.717, 1.165) is 41.5 Å².